The predicted octanol–water partition coefficient (Wildman–Crippen LogP) is 3.46. The Morgan fingerprint density at radius 3 is 2.39 bits per heavy atom. The Bertz CT molecular complexity index is 529. The normalized spacial score (nSPS) is 11.8. The molecule has 0 radical (unpaired) electrons. The summed E-state index contributed by atoms with van der Waals surface area (Å²) in [5.41, 5.74) is 2.03. The van der Waals surface area contributed by atoms with Crippen molar-refractivity contribution in [1.82, 2.24) is 4.98 Å². The lowest BCUT2D eigenvalue weighted by molar-refractivity contribution is 0.625. The molecule has 2 rings (SSSR count). The van der Waals surface area contributed by atoms with Gasteiger partial charge in [-0.2, -0.15) is 5.26 Å². The van der Waals surface area contributed by atoms with Crippen LogP contribution in [0.25, 0.3) is 0 Å². The van der Waals surface area contributed by atoms with Crippen molar-refractivity contribution in [2.45, 2.75) is 18.8 Å². The monoisotopic (exact) mass is 240 g/mol. The number of nitrogens with zero attached hydrogens (tertiary/aromatic N) is 2. The van der Waals surface area contributed by atoms with Gasteiger partial charge in [0.15, 0.2) is 0 Å². The Kier molecular flexibility index (Phi) is 4.03. The average molecular weight is 240 g/mol. The first kappa shape index (κ1) is 12.3. The fourth-order valence-electron chi connectivity index (χ4n) is 1.86. The van der Waals surface area contributed by atoms with Crippen LogP contribution in [0.5, 0.6) is 0 Å². The van der Waals surface area contributed by atoms with Gasteiger partial charge in [-0.3, -0.25) is 4.98 Å². The molecule has 0 spiro atoms. The van der Waals surface area contributed by atoms with E-state index >= 15 is 0 Å². The highest BCUT2D eigenvalue weighted by molar-refractivity contribution is 5.25. The Labute approximate surface area is 106 Å². The molecule has 0 saturated heterocycles. The van der Waals surface area contributed by atoms with Crippen molar-refractivity contribution in [3.63, 3.8) is 0 Å². The number of hydrogen-bond acceptors (Lipinski definition) is 2. The smallest absolute Gasteiger partial charge is 0.123 e. The van der Waals surface area contributed by atoms with E-state index in [1.54, 1.807) is 24.5 Å². The van der Waals surface area contributed by atoms with Crippen molar-refractivity contribution < 1.29 is 4.39 Å². The van der Waals surface area contributed by atoms with E-state index in [9.17, 15) is 9.65 Å². The molecule has 0 fully saturated rings. The van der Waals surface area contributed by atoms with E-state index < -0.39 is 0 Å². The number of aryl methyl sites for hydroxylation is 1. The van der Waals surface area contributed by atoms with Gasteiger partial charge < -0.3 is 0 Å². The minimum Gasteiger partial charge on any atom is -0.265 e. The SMILES string of the molecule is N#CC(CCc1ccncc1)c1ccc(F)cc1. The highest BCUT2D eigenvalue weighted by Gasteiger charge is 2.10. The lowest BCUT2D eigenvalue weighted by Crippen LogP contribution is -1.98. The third kappa shape index (κ3) is 3.14. The summed E-state index contributed by atoms with van der Waals surface area (Å²) in [6, 6.07) is 12.3. The standard InChI is InChI=1S/C15H13FN2/c16-15-5-3-13(4-6-15)14(11-17)2-1-12-7-9-18-10-8-12/h3-10,14H,1-2H2. The second kappa shape index (κ2) is 5.92. The molecule has 0 aliphatic rings. The molecule has 1 heterocycles. The molecular formula is C15H13FN2. The maximum absolute atomic E-state index is 12.8. The van der Waals surface area contributed by atoms with Gasteiger partial charge in [-0.15, -0.1) is 0 Å². The van der Waals surface area contributed by atoms with Crippen molar-refractivity contribution in [3.05, 3.63) is 65.7 Å². The highest BCUT2D eigenvalue weighted by Crippen LogP contribution is 2.21. The summed E-state index contributed by atoms with van der Waals surface area (Å²) in [7, 11) is 0. The van der Waals surface area contributed by atoms with Gasteiger partial charge in [0.1, 0.15) is 5.82 Å². The molecule has 3 heteroatoms. The van der Waals surface area contributed by atoms with Crippen LogP contribution in [0.2, 0.25) is 0 Å². The van der Waals surface area contributed by atoms with Crippen LogP contribution in [0.4, 0.5) is 4.39 Å². The molecule has 1 aromatic carbocycles. The maximum atomic E-state index is 12.8. The summed E-state index contributed by atoms with van der Waals surface area (Å²) < 4.78 is 12.8. The number of nitriles is 1. The third-order valence-electron chi connectivity index (χ3n) is 2.90. The van der Waals surface area contributed by atoms with Gasteiger partial charge in [-0.25, -0.2) is 4.39 Å². The molecule has 0 amide bonds. The Balaban J connectivity index is 2.02. The van der Waals surface area contributed by atoms with Crippen LogP contribution >= 0.6 is 0 Å². The Morgan fingerprint density at radius 1 is 1.11 bits per heavy atom. The van der Waals surface area contributed by atoms with Gasteiger partial charge in [0.25, 0.3) is 0 Å². The summed E-state index contributed by atoms with van der Waals surface area (Å²) in [6.07, 6.45) is 5.04. The van der Waals surface area contributed by atoms with Crippen molar-refractivity contribution in [3.8, 4) is 6.07 Å². The minimum absolute atomic E-state index is 0.196. The van der Waals surface area contributed by atoms with Gasteiger partial charge >= 0.3 is 0 Å². The van der Waals surface area contributed by atoms with Crippen LogP contribution in [0.15, 0.2) is 48.8 Å². The van der Waals surface area contributed by atoms with Crippen LogP contribution in [0, 0.1) is 17.1 Å². The van der Waals surface area contributed by atoms with Crippen LogP contribution in [-0.2, 0) is 6.42 Å². The zero-order chi connectivity index (χ0) is 12.8. The molecule has 0 N–H and O–H groups in total. The zero-order valence-electron chi connectivity index (χ0n) is 9.88. The summed E-state index contributed by atoms with van der Waals surface area (Å²) in [5.74, 6) is -0.469. The molecule has 0 bridgehead atoms. The van der Waals surface area contributed by atoms with Gasteiger partial charge in [0, 0.05) is 12.4 Å². The highest BCUT2D eigenvalue weighted by atomic mass is 19.1. The number of pyridine rings is 1. The van der Waals surface area contributed by atoms with E-state index in [-0.39, 0.29) is 11.7 Å². The number of rotatable bonds is 4. The molecule has 0 saturated carbocycles. The van der Waals surface area contributed by atoms with E-state index in [2.05, 4.69) is 11.1 Å². The zero-order valence-corrected chi connectivity index (χ0v) is 9.88. The van der Waals surface area contributed by atoms with Crippen LogP contribution in [0.1, 0.15) is 23.5 Å². The molecule has 2 nitrogen and oxygen atoms in total. The van der Waals surface area contributed by atoms with Crippen LogP contribution in [0.3, 0.4) is 0 Å². The lowest BCUT2D eigenvalue weighted by Gasteiger charge is -2.09. The third-order valence-corrected chi connectivity index (χ3v) is 2.90. The van der Waals surface area contributed by atoms with E-state index in [1.165, 1.54) is 12.1 Å². The second-order valence-electron chi connectivity index (χ2n) is 4.13. The molecule has 1 aromatic heterocycles. The molecule has 0 aliphatic carbocycles. The molecule has 90 valence electrons. The van der Waals surface area contributed by atoms with E-state index in [0.717, 1.165) is 24.0 Å². The summed E-state index contributed by atoms with van der Waals surface area (Å²) >= 11 is 0. The van der Waals surface area contributed by atoms with Gasteiger partial charge in [-0.1, -0.05) is 12.1 Å². The molecule has 1 unspecified atom stereocenters. The van der Waals surface area contributed by atoms with Crippen molar-refractivity contribution in [2.75, 3.05) is 0 Å². The van der Waals surface area contributed by atoms with Crippen molar-refractivity contribution in [2.24, 2.45) is 0 Å². The minimum atomic E-state index is -0.274. The van der Waals surface area contributed by atoms with Gasteiger partial charge in [-0.05, 0) is 48.2 Å². The molecule has 2 aromatic rings. The molecule has 1 atom stereocenters. The van der Waals surface area contributed by atoms with E-state index in [1.807, 2.05) is 12.1 Å². The Hall–Kier alpha value is -2.21. The van der Waals surface area contributed by atoms with Crippen LogP contribution in [-0.4, -0.2) is 4.98 Å². The largest absolute Gasteiger partial charge is 0.265 e. The number of aromatic nitrogens is 1. The first-order valence-electron chi connectivity index (χ1n) is 5.83. The topological polar surface area (TPSA) is 36.7 Å². The fourth-order valence-corrected chi connectivity index (χ4v) is 1.86. The van der Waals surface area contributed by atoms with Gasteiger partial charge in [0.2, 0.25) is 0 Å². The number of halogens is 1. The number of benzene rings is 1. The molecular weight excluding hydrogens is 227 g/mol. The average Bonchev–Trinajstić information content (AvgIpc) is 2.42. The molecule has 0 aliphatic heterocycles. The first-order valence-corrected chi connectivity index (χ1v) is 5.83. The predicted molar refractivity (Wildman–Crippen MR) is 67.3 cm³/mol. The maximum Gasteiger partial charge on any atom is 0.123 e. The summed E-state index contributed by atoms with van der Waals surface area (Å²) in [5, 5.41) is 9.17. The summed E-state index contributed by atoms with van der Waals surface area (Å²) in [6.45, 7) is 0. The van der Waals surface area contributed by atoms with Gasteiger partial charge in [0.05, 0.1) is 12.0 Å². The quantitative estimate of drug-likeness (QED) is 0.820. The van der Waals surface area contributed by atoms with E-state index in [0.29, 0.717) is 0 Å². The Morgan fingerprint density at radius 2 is 1.78 bits per heavy atom. The van der Waals surface area contributed by atoms with Crippen LogP contribution < -0.4 is 0 Å². The van der Waals surface area contributed by atoms with E-state index in [4.69, 9.17) is 0 Å². The second-order valence-corrected chi connectivity index (χ2v) is 4.13. The fraction of sp³-hybridized carbons (Fsp3) is 0.200. The molecule has 18 heavy (non-hydrogen) atoms. The number of hydrogen-bond donors (Lipinski definition) is 0. The van der Waals surface area contributed by atoms with Crippen molar-refractivity contribution in [1.29, 1.82) is 5.26 Å². The van der Waals surface area contributed by atoms with Crippen molar-refractivity contribution >= 4 is 0 Å². The first-order chi connectivity index (χ1) is 8.79. The summed E-state index contributed by atoms with van der Waals surface area (Å²) in [4.78, 5) is 3.95. The lowest BCUT2D eigenvalue weighted by atomic mass is 9.94.